The van der Waals surface area contributed by atoms with E-state index < -0.39 is 0 Å². The predicted octanol–water partition coefficient (Wildman–Crippen LogP) is 1.29. The van der Waals surface area contributed by atoms with Crippen molar-refractivity contribution >= 4 is 23.1 Å². The van der Waals surface area contributed by atoms with Crippen molar-refractivity contribution in [1.82, 2.24) is 35.5 Å². The summed E-state index contributed by atoms with van der Waals surface area (Å²) in [6, 6.07) is 5.46. The molecule has 1 saturated heterocycles. The lowest BCUT2D eigenvalue weighted by Crippen LogP contribution is -2.48. The van der Waals surface area contributed by atoms with E-state index in [1.54, 1.807) is 30.0 Å². The Labute approximate surface area is 202 Å². The Bertz CT molecular complexity index is 1230. The molecule has 4 heterocycles. The lowest BCUT2D eigenvalue weighted by molar-refractivity contribution is -0.123. The summed E-state index contributed by atoms with van der Waals surface area (Å²) in [5.74, 6) is 0.548. The topological polar surface area (TPSA) is 149 Å². The maximum absolute atomic E-state index is 13.3. The maximum Gasteiger partial charge on any atom is 0.253 e. The first-order valence-corrected chi connectivity index (χ1v) is 12.0. The van der Waals surface area contributed by atoms with Crippen molar-refractivity contribution in [2.75, 3.05) is 19.4 Å². The van der Waals surface area contributed by atoms with E-state index in [2.05, 4.69) is 31.0 Å². The highest BCUT2D eigenvalue weighted by Crippen LogP contribution is 2.29. The SMILES string of the molecule is COc1cc(-c2cc(C(=O)N[C@H]3CC[C@H](NC(=O)[C@@H]4CCCN4)CC3)c3c(N)ncnn23)ccn1. The Morgan fingerprint density at radius 1 is 1.11 bits per heavy atom. The minimum Gasteiger partial charge on any atom is -0.481 e. The molecule has 0 radical (unpaired) electrons. The first kappa shape index (κ1) is 23.0. The Hall–Kier alpha value is -3.73. The molecule has 3 aromatic rings. The smallest absolute Gasteiger partial charge is 0.253 e. The highest BCUT2D eigenvalue weighted by atomic mass is 16.5. The molecule has 2 amide bonds. The van der Waals surface area contributed by atoms with Gasteiger partial charge in [0.05, 0.1) is 24.4 Å². The van der Waals surface area contributed by atoms with Crippen molar-refractivity contribution in [3.63, 3.8) is 0 Å². The van der Waals surface area contributed by atoms with Gasteiger partial charge in [0.2, 0.25) is 11.8 Å². The Morgan fingerprint density at radius 2 is 1.89 bits per heavy atom. The zero-order chi connectivity index (χ0) is 24.4. The molecule has 5 N–H and O–H groups in total. The molecule has 0 spiro atoms. The molecule has 0 aromatic carbocycles. The molecule has 1 aliphatic carbocycles. The van der Waals surface area contributed by atoms with Crippen LogP contribution in [0.25, 0.3) is 16.8 Å². The number of hydrogen-bond acceptors (Lipinski definition) is 8. The second-order valence-corrected chi connectivity index (χ2v) is 9.12. The van der Waals surface area contributed by atoms with Gasteiger partial charge in [-0.15, -0.1) is 0 Å². The van der Waals surface area contributed by atoms with Crippen molar-refractivity contribution < 1.29 is 14.3 Å². The molecule has 3 aromatic heterocycles. The summed E-state index contributed by atoms with van der Waals surface area (Å²) in [7, 11) is 1.55. The Kier molecular flexibility index (Phi) is 6.49. The zero-order valence-electron chi connectivity index (χ0n) is 19.7. The van der Waals surface area contributed by atoms with Crippen LogP contribution in [0.3, 0.4) is 0 Å². The van der Waals surface area contributed by atoms with Gasteiger partial charge in [-0.25, -0.2) is 14.5 Å². The number of carbonyl (C=O) groups is 2. The van der Waals surface area contributed by atoms with E-state index in [1.165, 1.54) is 6.33 Å². The van der Waals surface area contributed by atoms with Crippen molar-refractivity contribution in [2.24, 2.45) is 0 Å². The number of ether oxygens (including phenoxy) is 1. The average Bonchev–Trinajstić information content (AvgIpc) is 3.55. The van der Waals surface area contributed by atoms with Crippen molar-refractivity contribution in [2.45, 2.75) is 56.7 Å². The highest BCUT2D eigenvalue weighted by Gasteiger charge is 2.29. The third kappa shape index (κ3) is 4.76. The van der Waals surface area contributed by atoms with Crippen LogP contribution < -0.4 is 26.4 Å². The number of methoxy groups -OCH3 is 1. The first-order chi connectivity index (χ1) is 17.0. The standard InChI is InChI=1S/C24H30N8O3/c1-35-20-11-14(8-10-27-20)19-12-17(21-22(25)28-13-29-32(19)21)23(33)30-15-4-6-16(7-5-15)31-24(34)18-3-2-9-26-18/h8,10-13,15-16,18,26H,2-7,9H2,1H3,(H,30,33)(H,31,34)(H2,25,28,29)/t15-,16-,18-/m0/s1. The number of anilines is 1. The maximum atomic E-state index is 13.3. The normalized spacial score (nSPS) is 22.1. The van der Waals surface area contributed by atoms with Crippen LogP contribution in [0.15, 0.2) is 30.7 Å². The molecule has 184 valence electrons. The van der Waals surface area contributed by atoms with Crippen LogP contribution in [0.2, 0.25) is 0 Å². The van der Waals surface area contributed by atoms with Crippen LogP contribution in [0.1, 0.15) is 48.9 Å². The van der Waals surface area contributed by atoms with Gasteiger partial charge >= 0.3 is 0 Å². The minimum atomic E-state index is -0.223. The Balaban J connectivity index is 1.29. The fourth-order valence-corrected chi connectivity index (χ4v) is 4.98. The zero-order valence-corrected chi connectivity index (χ0v) is 19.7. The molecule has 2 aliphatic rings. The molecular formula is C24H30N8O3. The Morgan fingerprint density at radius 3 is 2.60 bits per heavy atom. The third-order valence-corrected chi connectivity index (χ3v) is 6.85. The van der Waals surface area contributed by atoms with Gasteiger partial charge in [0.1, 0.15) is 11.8 Å². The number of amides is 2. The summed E-state index contributed by atoms with van der Waals surface area (Å²) < 4.78 is 6.86. The molecule has 11 nitrogen and oxygen atoms in total. The number of hydrogen-bond donors (Lipinski definition) is 4. The number of aromatic nitrogens is 4. The van der Waals surface area contributed by atoms with Crippen LogP contribution in [0.5, 0.6) is 5.88 Å². The number of rotatable bonds is 6. The quantitative estimate of drug-likeness (QED) is 0.414. The van der Waals surface area contributed by atoms with E-state index in [1.807, 2.05) is 6.07 Å². The second kappa shape index (κ2) is 9.87. The van der Waals surface area contributed by atoms with Crippen molar-refractivity contribution in [1.29, 1.82) is 0 Å². The van der Waals surface area contributed by atoms with Crippen molar-refractivity contribution in [3.05, 3.63) is 36.3 Å². The summed E-state index contributed by atoms with van der Waals surface area (Å²) in [6.45, 7) is 0.900. The van der Waals surface area contributed by atoms with Gasteiger partial charge < -0.3 is 26.4 Å². The summed E-state index contributed by atoms with van der Waals surface area (Å²) in [5.41, 5.74) is 8.51. The molecule has 0 unspecified atom stereocenters. The number of nitrogens with zero attached hydrogens (tertiary/aromatic N) is 4. The summed E-state index contributed by atoms with van der Waals surface area (Å²) in [4.78, 5) is 34.0. The van der Waals surface area contributed by atoms with Gasteiger partial charge in [0, 0.05) is 29.9 Å². The van der Waals surface area contributed by atoms with E-state index in [9.17, 15) is 9.59 Å². The summed E-state index contributed by atoms with van der Waals surface area (Å²) in [5, 5.41) is 13.9. The van der Waals surface area contributed by atoms with Gasteiger partial charge in [-0.1, -0.05) is 0 Å². The van der Waals surface area contributed by atoms with E-state index in [-0.39, 0.29) is 35.8 Å². The van der Waals surface area contributed by atoms with Gasteiger partial charge in [-0.3, -0.25) is 9.59 Å². The molecule has 1 saturated carbocycles. The lowest BCUT2D eigenvalue weighted by Gasteiger charge is -2.30. The van der Waals surface area contributed by atoms with E-state index in [4.69, 9.17) is 10.5 Å². The van der Waals surface area contributed by atoms with Crippen LogP contribution in [-0.4, -0.2) is 63.2 Å². The second-order valence-electron chi connectivity index (χ2n) is 9.12. The highest BCUT2D eigenvalue weighted by molar-refractivity contribution is 6.05. The fourth-order valence-electron chi connectivity index (χ4n) is 4.98. The van der Waals surface area contributed by atoms with Crippen LogP contribution >= 0.6 is 0 Å². The van der Waals surface area contributed by atoms with Gasteiger partial charge in [-0.05, 0) is 57.2 Å². The molecule has 35 heavy (non-hydrogen) atoms. The van der Waals surface area contributed by atoms with E-state index in [0.29, 0.717) is 22.7 Å². The molecule has 5 rings (SSSR count). The number of fused-ring (bicyclic) bond motifs is 1. The van der Waals surface area contributed by atoms with Gasteiger partial charge in [0.15, 0.2) is 5.82 Å². The molecular weight excluding hydrogens is 448 g/mol. The monoisotopic (exact) mass is 478 g/mol. The number of carbonyl (C=O) groups excluding carboxylic acids is 2. The number of nitrogens with one attached hydrogen (secondary N) is 3. The minimum absolute atomic E-state index is 0.0190. The molecule has 1 atom stereocenters. The molecule has 0 bridgehead atoms. The summed E-state index contributed by atoms with van der Waals surface area (Å²) in [6.07, 6.45) is 8.17. The van der Waals surface area contributed by atoms with E-state index >= 15 is 0 Å². The van der Waals surface area contributed by atoms with Crippen LogP contribution in [-0.2, 0) is 4.79 Å². The lowest BCUT2D eigenvalue weighted by atomic mass is 9.90. The van der Waals surface area contributed by atoms with Crippen LogP contribution in [0.4, 0.5) is 5.82 Å². The summed E-state index contributed by atoms with van der Waals surface area (Å²) >= 11 is 0. The largest absolute Gasteiger partial charge is 0.481 e. The van der Waals surface area contributed by atoms with Crippen LogP contribution in [0, 0.1) is 0 Å². The van der Waals surface area contributed by atoms with Crippen molar-refractivity contribution in [3.8, 4) is 17.1 Å². The average molecular weight is 479 g/mol. The number of nitrogens with two attached hydrogens (primary N) is 1. The number of nitrogen functional groups attached to an aromatic ring is 1. The number of pyridine rings is 1. The molecule has 11 heteroatoms. The molecule has 2 fully saturated rings. The fraction of sp³-hybridized carbons (Fsp3) is 0.458. The predicted molar refractivity (Wildman–Crippen MR) is 130 cm³/mol. The molecule has 1 aliphatic heterocycles. The third-order valence-electron chi connectivity index (χ3n) is 6.85. The van der Waals surface area contributed by atoms with E-state index in [0.717, 1.165) is 50.6 Å². The first-order valence-electron chi connectivity index (χ1n) is 12.0. The van der Waals surface area contributed by atoms with Gasteiger partial charge in [-0.2, -0.15) is 5.10 Å². The van der Waals surface area contributed by atoms with Gasteiger partial charge in [0.25, 0.3) is 5.91 Å².